The van der Waals surface area contributed by atoms with Crippen molar-refractivity contribution in [2.45, 2.75) is 43.0 Å². The zero-order valence-corrected chi connectivity index (χ0v) is 19.0. The number of nitrogens with zero attached hydrogens (tertiary/aromatic N) is 2. The topological polar surface area (TPSA) is 109 Å². The SMILES string of the molecule is COc1cc(C#N)ccc1OCC(=O)Nc1ccccc1S(=O)(=O)N(C)C1CCCCC1. The van der Waals surface area contributed by atoms with E-state index in [-0.39, 0.29) is 23.2 Å². The molecule has 32 heavy (non-hydrogen) atoms. The van der Waals surface area contributed by atoms with Gasteiger partial charge in [0.05, 0.1) is 24.4 Å². The van der Waals surface area contributed by atoms with Crippen molar-refractivity contribution in [3.63, 3.8) is 0 Å². The molecule has 0 saturated heterocycles. The Morgan fingerprint density at radius 2 is 1.88 bits per heavy atom. The number of carbonyl (C=O) groups excluding carboxylic acids is 1. The maximum absolute atomic E-state index is 13.3. The molecule has 0 unspecified atom stereocenters. The molecule has 1 amide bonds. The molecular weight excluding hydrogens is 430 g/mol. The first-order valence-electron chi connectivity index (χ1n) is 10.4. The normalized spacial score (nSPS) is 14.6. The Morgan fingerprint density at radius 3 is 2.56 bits per heavy atom. The third-order valence-corrected chi connectivity index (χ3v) is 7.53. The number of methoxy groups -OCH3 is 1. The summed E-state index contributed by atoms with van der Waals surface area (Å²) in [6.07, 6.45) is 4.83. The first-order chi connectivity index (χ1) is 15.4. The second-order valence-electron chi connectivity index (χ2n) is 7.62. The Labute approximate surface area is 188 Å². The molecule has 1 N–H and O–H groups in total. The highest BCUT2D eigenvalue weighted by Crippen LogP contribution is 2.30. The van der Waals surface area contributed by atoms with Gasteiger partial charge in [-0.25, -0.2) is 8.42 Å². The maximum atomic E-state index is 13.3. The average molecular weight is 458 g/mol. The summed E-state index contributed by atoms with van der Waals surface area (Å²) in [5, 5.41) is 11.6. The number of rotatable bonds is 8. The van der Waals surface area contributed by atoms with E-state index in [0.717, 1.165) is 32.1 Å². The number of ether oxygens (including phenoxy) is 2. The standard InChI is InChI=1S/C23H27N3O5S/c1-26(18-8-4-3-5-9-18)32(28,29)22-11-7-6-10-19(22)25-23(27)16-31-20-13-12-17(15-24)14-21(20)30-2/h6-7,10-14,18H,3-5,8-9,16H2,1-2H3,(H,25,27). The molecule has 2 aromatic carbocycles. The smallest absolute Gasteiger partial charge is 0.262 e. The molecule has 1 saturated carbocycles. The largest absolute Gasteiger partial charge is 0.493 e. The van der Waals surface area contributed by atoms with Crippen LogP contribution in [0.1, 0.15) is 37.7 Å². The van der Waals surface area contributed by atoms with Crippen molar-refractivity contribution in [2.24, 2.45) is 0 Å². The average Bonchev–Trinajstić information content (AvgIpc) is 2.82. The number of para-hydroxylation sites is 1. The molecule has 0 radical (unpaired) electrons. The molecular formula is C23H27N3O5S. The fourth-order valence-corrected chi connectivity index (χ4v) is 5.34. The van der Waals surface area contributed by atoms with Gasteiger partial charge in [-0.2, -0.15) is 9.57 Å². The van der Waals surface area contributed by atoms with E-state index in [2.05, 4.69) is 5.32 Å². The molecule has 170 valence electrons. The lowest BCUT2D eigenvalue weighted by molar-refractivity contribution is -0.118. The van der Waals surface area contributed by atoms with Gasteiger partial charge in [0.15, 0.2) is 18.1 Å². The van der Waals surface area contributed by atoms with Gasteiger partial charge >= 0.3 is 0 Å². The Morgan fingerprint density at radius 1 is 1.16 bits per heavy atom. The van der Waals surface area contributed by atoms with Crippen molar-refractivity contribution in [3.05, 3.63) is 48.0 Å². The minimum Gasteiger partial charge on any atom is -0.493 e. The van der Waals surface area contributed by atoms with E-state index in [1.54, 1.807) is 37.4 Å². The van der Waals surface area contributed by atoms with Crippen molar-refractivity contribution in [3.8, 4) is 17.6 Å². The molecule has 9 heteroatoms. The molecule has 0 atom stereocenters. The summed E-state index contributed by atoms with van der Waals surface area (Å²) in [6.45, 7) is -0.352. The maximum Gasteiger partial charge on any atom is 0.262 e. The van der Waals surface area contributed by atoms with E-state index in [9.17, 15) is 13.2 Å². The van der Waals surface area contributed by atoms with E-state index in [1.165, 1.54) is 23.5 Å². The first kappa shape index (κ1) is 23.6. The highest BCUT2D eigenvalue weighted by molar-refractivity contribution is 7.89. The van der Waals surface area contributed by atoms with Crippen LogP contribution in [0.15, 0.2) is 47.4 Å². The lowest BCUT2D eigenvalue weighted by Gasteiger charge is -2.30. The summed E-state index contributed by atoms with van der Waals surface area (Å²) in [6, 6.07) is 12.9. The summed E-state index contributed by atoms with van der Waals surface area (Å²) >= 11 is 0. The molecule has 1 aliphatic rings. The predicted molar refractivity (Wildman–Crippen MR) is 120 cm³/mol. The second kappa shape index (κ2) is 10.5. The number of sulfonamides is 1. The molecule has 3 rings (SSSR count). The third kappa shape index (κ3) is 5.39. The zero-order valence-electron chi connectivity index (χ0n) is 18.2. The number of benzene rings is 2. The summed E-state index contributed by atoms with van der Waals surface area (Å²) < 4.78 is 38.7. The lowest BCUT2D eigenvalue weighted by Crippen LogP contribution is -2.38. The molecule has 0 aromatic heterocycles. The van der Waals surface area contributed by atoms with Crippen LogP contribution < -0.4 is 14.8 Å². The minimum atomic E-state index is -3.77. The molecule has 1 aliphatic carbocycles. The summed E-state index contributed by atoms with van der Waals surface area (Å²) in [5.74, 6) is 0.118. The van der Waals surface area contributed by atoms with Gasteiger partial charge in [0, 0.05) is 19.2 Å². The highest BCUT2D eigenvalue weighted by Gasteiger charge is 2.31. The third-order valence-electron chi connectivity index (χ3n) is 5.56. The number of anilines is 1. The first-order valence-corrected chi connectivity index (χ1v) is 11.9. The fourth-order valence-electron chi connectivity index (χ4n) is 3.78. The monoisotopic (exact) mass is 457 g/mol. The minimum absolute atomic E-state index is 0.0373. The number of nitrogens with one attached hydrogen (secondary N) is 1. The van der Waals surface area contributed by atoms with Crippen LogP contribution in [0.4, 0.5) is 5.69 Å². The number of amides is 1. The summed E-state index contributed by atoms with van der Waals surface area (Å²) in [7, 11) is -0.734. The van der Waals surface area contributed by atoms with Crippen molar-refractivity contribution in [1.29, 1.82) is 5.26 Å². The number of carbonyl (C=O) groups is 1. The lowest BCUT2D eigenvalue weighted by atomic mass is 9.96. The van der Waals surface area contributed by atoms with Crippen LogP contribution in [0.5, 0.6) is 11.5 Å². The Hall–Kier alpha value is -3.09. The summed E-state index contributed by atoms with van der Waals surface area (Å²) in [4.78, 5) is 12.6. The van der Waals surface area contributed by atoms with E-state index < -0.39 is 15.9 Å². The Kier molecular flexibility index (Phi) is 7.72. The number of hydrogen-bond acceptors (Lipinski definition) is 6. The van der Waals surface area contributed by atoms with Crippen LogP contribution in [-0.4, -0.2) is 45.4 Å². The van der Waals surface area contributed by atoms with E-state index in [4.69, 9.17) is 14.7 Å². The molecule has 2 aromatic rings. The highest BCUT2D eigenvalue weighted by atomic mass is 32.2. The van der Waals surface area contributed by atoms with Gasteiger partial charge in [-0.1, -0.05) is 31.4 Å². The van der Waals surface area contributed by atoms with Crippen molar-refractivity contribution < 1.29 is 22.7 Å². The van der Waals surface area contributed by atoms with Crippen LogP contribution >= 0.6 is 0 Å². The fraction of sp³-hybridized carbons (Fsp3) is 0.391. The van der Waals surface area contributed by atoms with Gasteiger partial charge in [-0.05, 0) is 37.1 Å². The van der Waals surface area contributed by atoms with Gasteiger partial charge in [0.2, 0.25) is 10.0 Å². The Bertz CT molecular complexity index is 1100. The molecule has 0 heterocycles. The van der Waals surface area contributed by atoms with Crippen molar-refractivity contribution in [1.82, 2.24) is 4.31 Å². The van der Waals surface area contributed by atoms with Crippen molar-refractivity contribution >= 4 is 21.6 Å². The van der Waals surface area contributed by atoms with Crippen LogP contribution in [0.2, 0.25) is 0 Å². The van der Waals surface area contributed by atoms with Crippen LogP contribution in [0, 0.1) is 11.3 Å². The van der Waals surface area contributed by atoms with Crippen LogP contribution in [0.3, 0.4) is 0 Å². The van der Waals surface area contributed by atoms with Crippen LogP contribution in [-0.2, 0) is 14.8 Å². The van der Waals surface area contributed by atoms with Gasteiger partial charge in [-0.3, -0.25) is 4.79 Å². The summed E-state index contributed by atoms with van der Waals surface area (Å²) in [5.41, 5.74) is 0.607. The van der Waals surface area contributed by atoms with Gasteiger partial charge in [0.1, 0.15) is 4.90 Å². The van der Waals surface area contributed by atoms with E-state index in [0.29, 0.717) is 17.1 Å². The number of nitriles is 1. The van der Waals surface area contributed by atoms with Gasteiger partial charge in [0.25, 0.3) is 5.91 Å². The van der Waals surface area contributed by atoms with E-state index >= 15 is 0 Å². The van der Waals surface area contributed by atoms with E-state index in [1.807, 2.05) is 6.07 Å². The number of hydrogen-bond donors (Lipinski definition) is 1. The quantitative estimate of drug-likeness (QED) is 0.649. The van der Waals surface area contributed by atoms with Gasteiger partial charge in [-0.15, -0.1) is 0 Å². The van der Waals surface area contributed by atoms with Gasteiger partial charge < -0.3 is 14.8 Å². The molecule has 1 fully saturated rings. The van der Waals surface area contributed by atoms with Crippen LogP contribution in [0.25, 0.3) is 0 Å². The zero-order chi connectivity index (χ0) is 23.1. The second-order valence-corrected chi connectivity index (χ2v) is 9.59. The molecule has 0 aliphatic heterocycles. The Balaban J connectivity index is 1.72. The molecule has 0 spiro atoms. The molecule has 8 nitrogen and oxygen atoms in total. The molecule has 0 bridgehead atoms. The predicted octanol–water partition coefficient (Wildman–Crippen LogP) is 3.54. The van der Waals surface area contributed by atoms with Crippen molar-refractivity contribution in [2.75, 3.05) is 26.1 Å².